The smallest absolute Gasteiger partial charge is 0.311 e. The van der Waals surface area contributed by atoms with E-state index in [1.165, 1.54) is 18.5 Å². The highest BCUT2D eigenvalue weighted by molar-refractivity contribution is 6.30. The van der Waals surface area contributed by atoms with Gasteiger partial charge in [0.25, 0.3) is 5.88 Å². The minimum atomic E-state index is -0.420. The second-order valence-corrected chi connectivity index (χ2v) is 3.44. The van der Waals surface area contributed by atoms with E-state index < -0.39 is 5.56 Å². The van der Waals surface area contributed by atoms with Gasteiger partial charge in [-0.15, -0.1) is 0 Å². The molecule has 6 heteroatoms. The molecule has 1 aromatic carbocycles. The van der Waals surface area contributed by atoms with Crippen molar-refractivity contribution in [3.05, 3.63) is 46.0 Å². The molecule has 0 aliphatic carbocycles. The van der Waals surface area contributed by atoms with Crippen molar-refractivity contribution >= 4 is 17.3 Å². The van der Waals surface area contributed by atoms with Crippen molar-refractivity contribution in [3.8, 4) is 11.6 Å². The van der Waals surface area contributed by atoms with Crippen LogP contribution in [-0.4, -0.2) is 9.97 Å². The van der Waals surface area contributed by atoms with Crippen molar-refractivity contribution in [1.82, 2.24) is 9.97 Å². The van der Waals surface area contributed by atoms with Gasteiger partial charge in [-0.2, -0.15) is 0 Å². The van der Waals surface area contributed by atoms with E-state index in [-0.39, 0.29) is 5.88 Å². The molecule has 0 unspecified atom stereocenters. The Bertz CT molecular complexity index is 568. The minimum absolute atomic E-state index is 0.0588. The third kappa shape index (κ3) is 2.14. The van der Waals surface area contributed by atoms with E-state index in [4.69, 9.17) is 22.1 Å². The molecular weight excluding hydrogens is 230 g/mol. The molecule has 0 aliphatic heterocycles. The van der Waals surface area contributed by atoms with Crippen LogP contribution < -0.4 is 16.0 Å². The number of ether oxygens (including phenoxy) is 1. The number of nitrogens with two attached hydrogens (primary N) is 1. The Labute approximate surface area is 95.8 Å². The Hall–Kier alpha value is -2.01. The van der Waals surface area contributed by atoms with Gasteiger partial charge in [-0.25, -0.2) is 4.98 Å². The zero-order chi connectivity index (χ0) is 11.5. The van der Waals surface area contributed by atoms with E-state index in [1.54, 1.807) is 12.1 Å². The topological polar surface area (TPSA) is 81.0 Å². The summed E-state index contributed by atoms with van der Waals surface area (Å²) in [7, 11) is 0. The first-order valence-corrected chi connectivity index (χ1v) is 4.81. The number of nitrogens with one attached hydrogen (secondary N) is 1. The van der Waals surface area contributed by atoms with Crippen LogP contribution in [0.4, 0.5) is 5.69 Å². The summed E-state index contributed by atoms with van der Waals surface area (Å²) in [5.41, 5.74) is 5.60. The van der Waals surface area contributed by atoms with Crippen LogP contribution in [0.3, 0.4) is 0 Å². The molecule has 0 amide bonds. The molecule has 0 saturated carbocycles. The molecule has 0 aliphatic rings. The fraction of sp³-hybridized carbons (Fsp3) is 0. The lowest BCUT2D eigenvalue weighted by Gasteiger charge is -2.06. The van der Waals surface area contributed by atoms with Gasteiger partial charge in [0.2, 0.25) is 0 Å². The Morgan fingerprint density at radius 3 is 2.94 bits per heavy atom. The molecule has 82 valence electrons. The lowest BCUT2D eigenvalue weighted by molar-refractivity contribution is 0.456. The summed E-state index contributed by atoms with van der Waals surface area (Å²) < 4.78 is 5.26. The molecule has 0 bridgehead atoms. The van der Waals surface area contributed by atoms with E-state index in [1.807, 2.05) is 0 Å². The van der Waals surface area contributed by atoms with Gasteiger partial charge < -0.3 is 15.5 Å². The molecule has 0 saturated heterocycles. The molecule has 3 N–H and O–H groups in total. The summed E-state index contributed by atoms with van der Waals surface area (Å²) in [6, 6.07) is 4.73. The van der Waals surface area contributed by atoms with E-state index in [0.29, 0.717) is 16.5 Å². The van der Waals surface area contributed by atoms with Gasteiger partial charge in [-0.3, -0.25) is 4.79 Å². The first-order chi connectivity index (χ1) is 7.66. The Morgan fingerprint density at radius 2 is 2.25 bits per heavy atom. The van der Waals surface area contributed by atoms with E-state index in [2.05, 4.69) is 9.97 Å². The highest BCUT2D eigenvalue weighted by Gasteiger charge is 2.06. The summed E-state index contributed by atoms with van der Waals surface area (Å²) in [5, 5.41) is 0.500. The number of rotatable bonds is 2. The van der Waals surface area contributed by atoms with Gasteiger partial charge in [0.1, 0.15) is 0 Å². The summed E-state index contributed by atoms with van der Waals surface area (Å²) >= 11 is 5.73. The third-order valence-electron chi connectivity index (χ3n) is 1.85. The summed E-state index contributed by atoms with van der Waals surface area (Å²) in [6.07, 6.45) is 2.84. The maximum atomic E-state index is 11.3. The predicted molar refractivity (Wildman–Crippen MR) is 60.8 cm³/mol. The molecule has 0 radical (unpaired) electrons. The van der Waals surface area contributed by atoms with Crippen molar-refractivity contribution in [2.45, 2.75) is 0 Å². The number of halogens is 1. The number of hydrogen-bond acceptors (Lipinski definition) is 4. The quantitative estimate of drug-likeness (QED) is 0.781. The number of nitrogens with zero attached hydrogens (tertiary/aromatic N) is 1. The van der Waals surface area contributed by atoms with E-state index in [0.717, 1.165) is 0 Å². The highest BCUT2D eigenvalue weighted by atomic mass is 35.5. The standard InChI is InChI=1S/C10H8ClN3O2/c11-6-1-2-8(7(12)5-6)16-10-9(15)13-3-4-14-10/h1-5H,12H2,(H,13,15). The fourth-order valence-corrected chi connectivity index (χ4v) is 1.31. The molecule has 16 heavy (non-hydrogen) atoms. The first-order valence-electron chi connectivity index (χ1n) is 4.43. The van der Waals surface area contributed by atoms with Crippen molar-refractivity contribution < 1.29 is 4.74 Å². The zero-order valence-corrected chi connectivity index (χ0v) is 8.86. The maximum absolute atomic E-state index is 11.3. The first kappa shape index (κ1) is 10.5. The lowest BCUT2D eigenvalue weighted by Crippen LogP contribution is -2.09. The summed E-state index contributed by atoms with van der Waals surface area (Å²) in [6.45, 7) is 0. The summed E-state index contributed by atoms with van der Waals surface area (Å²) in [5.74, 6) is 0.283. The molecule has 0 fully saturated rings. The van der Waals surface area contributed by atoms with Gasteiger partial charge in [0.05, 0.1) is 5.69 Å². The van der Waals surface area contributed by atoms with Crippen LogP contribution in [0.1, 0.15) is 0 Å². The maximum Gasteiger partial charge on any atom is 0.311 e. The largest absolute Gasteiger partial charge is 0.432 e. The van der Waals surface area contributed by atoms with Crippen LogP contribution in [0, 0.1) is 0 Å². The van der Waals surface area contributed by atoms with Crippen molar-refractivity contribution in [3.63, 3.8) is 0 Å². The molecule has 0 atom stereocenters. The van der Waals surface area contributed by atoms with Crippen LogP contribution in [0.15, 0.2) is 35.4 Å². The zero-order valence-electron chi connectivity index (χ0n) is 8.11. The summed E-state index contributed by atoms with van der Waals surface area (Å²) in [4.78, 5) is 17.5. The van der Waals surface area contributed by atoms with E-state index >= 15 is 0 Å². The molecule has 2 aromatic rings. The van der Waals surface area contributed by atoms with Crippen molar-refractivity contribution in [2.24, 2.45) is 0 Å². The Kier molecular flexibility index (Phi) is 2.78. The van der Waals surface area contributed by atoms with Crippen molar-refractivity contribution in [2.75, 3.05) is 5.73 Å². The molecule has 2 rings (SSSR count). The minimum Gasteiger partial charge on any atom is -0.432 e. The number of nitrogen functional groups attached to an aromatic ring is 1. The van der Waals surface area contributed by atoms with Crippen LogP contribution >= 0.6 is 11.6 Å². The molecule has 0 spiro atoms. The normalized spacial score (nSPS) is 10.1. The Balaban J connectivity index is 2.35. The number of aromatic nitrogens is 2. The highest BCUT2D eigenvalue weighted by Crippen LogP contribution is 2.27. The average molecular weight is 238 g/mol. The van der Waals surface area contributed by atoms with Gasteiger partial charge in [0.15, 0.2) is 5.75 Å². The molecule has 1 heterocycles. The van der Waals surface area contributed by atoms with Gasteiger partial charge in [0, 0.05) is 17.4 Å². The fourth-order valence-electron chi connectivity index (χ4n) is 1.13. The lowest BCUT2D eigenvalue weighted by atomic mass is 10.3. The van der Waals surface area contributed by atoms with Crippen LogP contribution in [0.25, 0.3) is 0 Å². The van der Waals surface area contributed by atoms with Gasteiger partial charge >= 0.3 is 5.56 Å². The van der Waals surface area contributed by atoms with Crippen LogP contribution in [0.2, 0.25) is 5.02 Å². The van der Waals surface area contributed by atoms with Crippen LogP contribution in [-0.2, 0) is 0 Å². The molecule has 1 aromatic heterocycles. The molecular formula is C10H8ClN3O2. The number of hydrogen-bond donors (Lipinski definition) is 2. The average Bonchev–Trinajstić information content (AvgIpc) is 2.25. The third-order valence-corrected chi connectivity index (χ3v) is 2.09. The predicted octanol–water partition coefficient (Wildman–Crippen LogP) is 1.80. The number of anilines is 1. The monoisotopic (exact) mass is 237 g/mol. The molecule has 5 nitrogen and oxygen atoms in total. The SMILES string of the molecule is Nc1cc(Cl)ccc1Oc1ncc[nH]c1=O. The van der Waals surface area contributed by atoms with Gasteiger partial charge in [-0.1, -0.05) is 11.6 Å². The van der Waals surface area contributed by atoms with Crippen molar-refractivity contribution in [1.29, 1.82) is 0 Å². The second-order valence-electron chi connectivity index (χ2n) is 3.01. The number of benzene rings is 1. The van der Waals surface area contributed by atoms with Crippen LogP contribution in [0.5, 0.6) is 11.6 Å². The number of aromatic amines is 1. The number of H-pyrrole nitrogens is 1. The van der Waals surface area contributed by atoms with E-state index in [9.17, 15) is 4.79 Å². The second kappa shape index (κ2) is 4.24. The Morgan fingerprint density at radius 1 is 1.44 bits per heavy atom. The van der Waals surface area contributed by atoms with Gasteiger partial charge in [-0.05, 0) is 18.2 Å².